The van der Waals surface area contributed by atoms with E-state index in [0.717, 1.165) is 5.56 Å². The highest BCUT2D eigenvalue weighted by Crippen LogP contribution is 2.11. The Labute approximate surface area is 77.2 Å². The van der Waals surface area contributed by atoms with Crippen LogP contribution in [-0.4, -0.2) is 17.9 Å². The molecule has 70 valence electrons. The average molecular weight is 179 g/mol. The molecule has 4 heteroatoms. The van der Waals surface area contributed by atoms with Gasteiger partial charge in [0.15, 0.2) is 0 Å². The third-order valence-corrected chi connectivity index (χ3v) is 1.80. The molecule has 1 amide bonds. The molecule has 0 fully saturated rings. The van der Waals surface area contributed by atoms with Crippen LogP contribution in [0.15, 0.2) is 24.5 Å². The maximum Gasteiger partial charge on any atom is 0.221 e. The molecule has 0 unspecified atom stereocenters. The number of nitrogens with one attached hydrogen (secondary N) is 1. The first-order valence-electron chi connectivity index (χ1n) is 4.10. The van der Waals surface area contributed by atoms with Crippen LogP contribution in [-0.2, 0) is 4.79 Å². The zero-order valence-corrected chi connectivity index (χ0v) is 7.53. The Bertz CT molecular complexity index is 273. The van der Waals surface area contributed by atoms with Crippen molar-refractivity contribution in [3.63, 3.8) is 0 Å². The molecule has 1 atom stereocenters. The van der Waals surface area contributed by atoms with E-state index in [0.29, 0.717) is 6.42 Å². The van der Waals surface area contributed by atoms with Gasteiger partial charge in [-0.25, -0.2) is 0 Å². The fourth-order valence-electron chi connectivity index (χ4n) is 1.01. The van der Waals surface area contributed by atoms with Crippen LogP contribution in [0.1, 0.15) is 18.0 Å². The van der Waals surface area contributed by atoms with E-state index in [9.17, 15) is 4.79 Å². The number of hydrogen-bond donors (Lipinski definition) is 2. The van der Waals surface area contributed by atoms with Crippen LogP contribution in [0.4, 0.5) is 0 Å². The zero-order valence-electron chi connectivity index (χ0n) is 7.53. The number of amides is 1. The van der Waals surface area contributed by atoms with Gasteiger partial charge in [0.2, 0.25) is 5.91 Å². The molecule has 0 saturated heterocycles. The van der Waals surface area contributed by atoms with E-state index in [1.54, 1.807) is 25.5 Å². The minimum Gasteiger partial charge on any atom is -0.359 e. The van der Waals surface area contributed by atoms with Gasteiger partial charge in [-0.2, -0.15) is 0 Å². The minimum absolute atomic E-state index is 0.0589. The molecule has 1 rings (SSSR count). The number of carbonyl (C=O) groups excluding carboxylic acids is 1. The van der Waals surface area contributed by atoms with Gasteiger partial charge < -0.3 is 11.1 Å². The Balaban J connectivity index is 2.59. The second-order valence-corrected chi connectivity index (χ2v) is 2.77. The number of carbonyl (C=O) groups is 1. The van der Waals surface area contributed by atoms with Crippen molar-refractivity contribution in [1.82, 2.24) is 10.3 Å². The maximum absolute atomic E-state index is 11.0. The standard InChI is InChI=1S/C9H13N3O/c1-11-9(13)5-8(10)7-3-2-4-12-6-7/h2-4,6,8H,5,10H2,1H3,(H,11,13)/t8-/m1/s1. The van der Waals surface area contributed by atoms with E-state index in [1.165, 1.54) is 0 Å². The predicted octanol–water partition coefficient (Wildman–Crippen LogP) is 0.217. The second kappa shape index (κ2) is 4.57. The molecule has 0 aliphatic heterocycles. The average Bonchev–Trinajstić information content (AvgIpc) is 2.19. The molecule has 0 saturated carbocycles. The molecule has 0 spiro atoms. The monoisotopic (exact) mass is 179 g/mol. The Hall–Kier alpha value is -1.42. The van der Waals surface area contributed by atoms with Crippen LogP contribution in [0.2, 0.25) is 0 Å². The molecule has 1 aromatic rings. The topological polar surface area (TPSA) is 68.0 Å². The largest absolute Gasteiger partial charge is 0.359 e. The highest BCUT2D eigenvalue weighted by Gasteiger charge is 2.09. The first-order chi connectivity index (χ1) is 6.24. The lowest BCUT2D eigenvalue weighted by Crippen LogP contribution is -2.24. The molecular weight excluding hydrogens is 166 g/mol. The summed E-state index contributed by atoms with van der Waals surface area (Å²) in [6.07, 6.45) is 3.64. The van der Waals surface area contributed by atoms with E-state index in [2.05, 4.69) is 10.3 Å². The predicted molar refractivity (Wildman–Crippen MR) is 49.8 cm³/mol. The van der Waals surface area contributed by atoms with E-state index >= 15 is 0 Å². The lowest BCUT2D eigenvalue weighted by molar-refractivity contribution is -0.120. The molecule has 4 nitrogen and oxygen atoms in total. The number of nitrogens with zero attached hydrogens (tertiary/aromatic N) is 1. The lowest BCUT2D eigenvalue weighted by Gasteiger charge is -2.09. The van der Waals surface area contributed by atoms with Gasteiger partial charge >= 0.3 is 0 Å². The summed E-state index contributed by atoms with van der Waals surface area (Å²) in [6.45, 7) is 0. The normalized spacial score (nSPS) is 12.2. The van der Waals surface area contributed by atoms with Crippen LogP contribution in [0.5, 0.6) is 0 Å². The Morgan fingerprint density at radius 1 is 1.77 bits per heavy atom. The smallest absolute Gasteiger partial charge is 0.221 e. The van der Waals surface area contributed by atoms with Crippen LogP contribution in [0.25, 0.3) is 0 Å². The minimum atomic E-state index is -0.270. The first-order valence-corrected chi connectivity index (χ1v) is 4.10. The third kappa shape index (κ3) is 2.83. The molecule has 1 heterocycles. The van der Waals surface area contributed by atoms with Gasteiger partial charge in [0, 0.05) is 31.9 Å². The van der Waals surface area contributed by atoms with Crippen molar-refractivity contribution in [2.75, 3.05) is 7.05 Å². The second-order valence-electron chi connectivity index (χ2n) is 2.77. The van der Waals surface area contributed by atoms with Crippen molar-refractivity contribution in [1.29, 1.82) is 0 Å². The van der Waals surface area contributed by atoms with Gasteiger partial charge in [-0.05, 0) is 11.6 Å². The van der Waals surface area contributed by atoms with Crippen molar-refractivity contribution in [2.24, 2.45) is 5.73 Å². The summed E-state index contributed by atoms with van der Waals surface area (Å²) in [4.78, 5) is 14.9. The van der Waals surface area contributed by atoms with E-state index in [4.69, 9.17) is 5.73 Å². The Morgan fingerprint density at radius 2 is 2.54 bits per heavy atom. The molecule has 0 bridgehead atoms. The van der Waals surface area contributed by atoms with Crippen LogP contribution < -0.4 is 11.1 Å². The van der Waals surface area contributed by atoms with Crippen LogP contribution in [0, 0.1) is 0 Å². The molecule has 1 aromatic heterocycles. The summed E-state index contributed by atoms with van der Waals surface area (Å²) in [5, 5.41) is 2.53. The summed E-state index contributed by atoms with van der Waals surface area (Å²) >= 11 is 0. The molecule has 0 aliphatic rings. The quantitative estimate of drug-likeness (QED) is 0.697. The zero-order chi connectivity index (χ0) is 9.68. The Kier molecular flexibility index (Phi) is 3.40. The molecule has 13 heavy (non-hydrogen) atoms. The molecule has 3 N–H and O–H groups in total. The number of rotatable bonds is 3. The maximum atomic E-state index is 11.0. The van der Waals surface area contributed by atoms with Crippen LogP contribution >= 0.6 is 0 Å². The van der Waals surface area contributed by atoms with Crippen LogP contribution in [0.3, 0.4) is 0 Å². The van der Waals surface area contributed by atoms with Gasteiger partial charge in [-0.3, -0.25) is 9.78 Å². The lowest BCUT2D eigenvalue weighted by atomic mass is 10.1. The molecular formula is C9H13N3O. The SMILES string of the molecule is CNC(=O)C[C@@H](N)c1cccnc1. The van der Waals surface area contributed by atoms with E-state index in [1.807, 2.05) is 6.07 Å². The Morgan fingerprint density at radius 3 is 3.08 bits per heavy atom. The summed E-state index contributed by atoms with van der Waals surface area (Å²) in [7, 11) is 1.60. The first kappa shape index (κ1) is 9.67. The number of pyridine rings is 1. The van der Waals surface area contributed by atoms with Crippen molar-refractivity contribution >= 4 is 5.91 Å². The van der Waals surface area contributed by atoms with Crippen molar-refractivity contribution < 1.29 is 4.79 Å². The molecule has 0 aliphatic carbocycles. The summed E-state index contributed by atoms with van der Waals surface area (Å²) in [6, 6.07) is 3.40. The number of aromatic nitrogens is 1. The highest BCUT2D eigenvalue weighted by atomic mass is 16.1. The van der Waals surface area contributed by atoms with Gasteiger partial charge in [0.05, 0.1) is 0 Å². The van der Waals surface area contributed by atoms with Gasteiger partial charge in [0.1, 0.15) is 0 Å². The number of nitrogens with two attached hydrogens (primary N) is 1. The highest BCUT2D eigenvalue weighted by molar-refractivity contribution is 5.76. The van der Waals surface area contributed by atoms with Gasteiger partial charge in [-0.1, -0.05) is 6.07 Å². The molecule has 0 radical (unpaired) electrons. The fourth-order valence-corrected chi connectivity index (χ4v) is 1.01. The summed E-state index contributed by atoms with van der Waals surface area (Å²) < 4.78 is 0. The van der Waals surface area contributed by atoms with Crippen molar-refractivity contribution in [3.8, 4) is 0 Å². The van der Waals surface area contributed by atoms with Crippen molar-refractivity contribution in [3.05, 3.63) is 30.1 Å². The van der Waals surface area contributed by atoms with E-state index in [-0.39, 0.29) is 11.9 Å². The van der Waals surface area contributed by atoms with Gasteiger partial charge in [-0.15, -0.1) is 0 Å². The van der Waals surface area contributed by atoms with Gasteiger partial charge in [0.25, 0.3) is 0 Å². The molecule has 0 aromatic carbocycles. The summed E-state index contributed by atoms with van der Waals surface area (Å²) in [5.41, 5.74) is 6.65. The van der Waals surface area contributed by atoms with Crippen molar-refractivity contribution in [2.45, 2.75) is 12.5 Å². The number of hydrogen-bond acceptors (Lipinski definition) is 3. The van der Waals surface area contributed by atoms with E-state index < -0.39 is 0 Å². The third-order valence-electron chi connectivity index (χ3n) is 1.80. The fraction of sp³-hybridized carbons (Fsp3) is 0.333. The summed E-state index contributed by atoms with van der Waals surface area (Å²) in [5.74, 6) is -0.0589.